The molecule has 0 aliphatic heterocycles. The zero-order valence-corrected chi connectivity index (χ0v) is 11.8. The number of carbonyl (C=O) groups excluding carboxylic acids is 1. The van der Waals surface area contributed by atoms with Crippen LogP contribution in [0.2, 0.25) is 0 Å². The molecule has 0 aliphatic rings. The van der Waals surface area contributed by atoms with Crippen LogP contribution in [0.5, 0.6) is 0 Å². The molecule has 21 heavy (non-hydrogen) atoms. The average Bonchev–Trinajstić information content (AvgIpc) is 2.51. The summed E-state index contributed by atoms with van der Waals surface area (Å²) in [4.78, 5) is 11.8. The number of benzene rings is 2. The number of nitrogens with two attached hydrogens (primary N) is 1. The molecule has 108 valence electrons. The van der Waals surface area contributed by atoms with Crippen molar-refractivity contribution in [3.63, 3.8) is 0 Å². The number of nitrogen functional groups attached to an aromatic ring is 1. The zero-order valence-electron chi connectivity index (χ0n) is 11.8. The van der Waals surface area contributed by atoms with E-state index in [0.717, 1.165) is 11.1 Å². The van der Waals surface area contributed by atoms with E-state index in [9.17, 15) is 4.79 Å². The van der Waals surface area contributed by atoms with Gasteiger partial charge in [-0.1, -0.05) is 49.0 Å². The minimum absolute atomic E-state index is 0.0797. The first-order chi connectivity index (χ1) is 10.1. The summed E-state index contributed by atoms with van der Waals surface area (Å²) in [7, 11) is 0. The van der Waals surface area contributed by atoms with Crippen molar-refractivity contribution in [1.29, 1.82) is 0 Å². The summed E-state index contributed by atoms with van der Waals surface area (Å²) in [6, 6.07) is 17.2. The SMILES string of the molecule is C=C(NNC(=O)CCc1ccccc1)c1cccc(N)c1. The zero-order chi connectivity index (χ0) is 15.1. The molecule has 0 atom stereocenters. The summed E-state index contributed by atoms with van der Waals surface area (Å²) >= 11 is 0. The van der Waals surface area contributed by atoms with Gasteiger partial charge in [0.25, 0.3) is 0 Å². The van der Waals surface area contributed by atoms with Gasteiger partial charge in [0, 0.05) is 17.7 Å². The molecule has 0 bridgehead atoms. The van der Waals surface area contributed by atoms with E-state index in [-0.39, 0.29) is 5.91 Å². The molecule has 0 fully saturated rings. The van der Waals surface area contributed by atoms with Gasteiger partial charge in [0.2, 0.25) is 5.91 Å². The molecule has 4 N–H and O–H groups in total. The topological polar surface area (TPSA) is 67.1 Å². The first kappa shape index (κ1) is 14.7. The number of hydrogen-bond acceptors (Lipinski definition) is 3. The van der Waals surface area contributed by atoms with Gasteiger partial charge >= 0.3 is 0 Å². The van der Waals surface area contributed by atoms with E-state index in [2.05, 4.69) is 17.4 Å². The van der Waals surface area contributed by atoms with Crippen LogP contribution < -0.4 is 16.6 Å². The highest BCUT2D eigenvalue weighted by Gasteiger charge is 2.03. The van der Waals surface area contributed by atoms with Gasteiger partial charge in [-0.3, -0.25) is 15.6 Å². The monoisotopic (exact) mass is 281 g/mol. The second-order valence-corrected chi connectivity index (χ2v) is 4.76. The van der Waals surface area contributed by atoms with E-state index in [1.165, 1.54) is 0 Å². The van der Waals surface area contributed by atoms with Crippen LogP contribution in [0.4, 0.5) is 5.69 Å². The molecule has 0 spiro atoms. The van der Waals surface area contributed by atoms with Crippen molar-refractivity contribution in [2.45, 2.75) is 12.8 Å². The molecule has 4 heteroatoms. The lowest BCUT2D eigenvalue weighted by Gasteiger charge is -2.11. The van der Waals surface area contributed by atoms with Crippen LogP contribution in [0, 0.1) is 0 Å². The maximum atomic E-state index is 11.8. The maximum absolute atomic E-state index is 11.8. The molecule has 0 saturated carbocycles. The van der Waals surface area contributed by atoms with Crippen LogP contribution in [0.1, 0.15) is 17.5 Å². The van der Waals surface area contributed by atoms with Crippen molar-refractivity contribution >= 4 is 17.3 Å². The molecule has 4 nitrogen and oxygen atoms in total. The highest BCUT2D eigenvalue weighted by Crippen LogP contribution is 2.12. The van der Waals surface area contributed by atoms with Crippen LogP contribution in [0.3, 0.4) is 0 Å². The quantitative estimate of drug-likeness (QED) is 0.563. The smallest absolute Gasteiger partial charge is 0.238 e. The van der Waals surface area contributed by atoms with Crippen molar-refractivity contribution in [2.24, 2.45) is 0 Å². The summed E-state index contributed by atoms with van der Waals surface area (Å²) in [6.45, 7) is 3.87. The highest BCUT2D eigenvalue weighted by atomic mass is 16.2. The predicted molar refractivity (Wildman–Crippen MR) is 85.9 cm³/mol. The van der Waals surface area contributed by atoms with Gasteiger partial charge in [0.1, 0.15) is 0 Å². The highest BCUT2D eigenvalue weighted by molar-refractivity contribution is 5.77. The van der Waals surface area contributed by atoms with Crippen LogP contribution in [0.25, 0.3) is 5.70 Å². The summed E-state index contributed by atoms with van der Waals surface area (Å²) < 4.78 is 0. The second-order valence-electron chi connectivity index (χ2n) is 4.76. The molecule has 2 aromatic rings. The minimum Gasteiger partial charge on any atom is -0.399 e. The Morgan fingerprint density at radius 3 is 2.52 bits per heavy atom. The lowest BCUT2D eigenvalue weighted by atomic mass is 10.1. The van der Waals surface area contributed by atoms with Gasteiger partial charge in [-0.15, -0.1) is 0 Å². The molecule has 0 aliphatic carbocycles. The Morgan fingerprint density at radius 1 is 1.05 bits per heavy atom. The lowest BCUT2D eigenvalue weighted by molar-refractivity contribution is -0.121. The van der Waals surface area contributed by atoms with Crippen molar-refractivity contribution in [2.75, 3.05) is 5.73 Å². The number of nitrogens with one attached hydrogen (secondary N) is 2. The van der Waals surface area contributed by atoms with Crippen molar-refractivity contribution in [3.05, 3.63) is 72.3 Å². The Hall–Kier alpha value is -2.75. The molecule has 0 unspecified atom stereocenters. The van der Waals surface area contributed by atoms with Crippen LogP contribution in [0.15, 0.2) is 61.2 Å². The van der Waals surface area contributed by atoms with Gasteiger partial charge < -0.3 is 5.73 Å². The normalized spacial score (nSPS) is 9.90. The van der Waals surface area contributed by atoms with Crippen molar-refractivity contribution in [1.82, 2.24) is 10.9 Å². The Labute approximate surface area is 124 Å². The number of hydrazine groups is 1. The molecule has 0 radical (unpaired) electrons. The summed E-state index contributed by atoms with van der Waals surface area (Å²) in [5.74, 6) is -0.0797. The summed E-state index contributed by atoms with van der Waals surface area (Å²) in [5, 5.41) is 0. The second kappa shape index (κ2) is 7.14. The fourth-order valence-corrected chi connectivity index (χ4v) is 1.91. The molecular formula is C17H19N3O. The molecular weight excluding hydrogens is 262 g/mol. The van der Waals surface area contributed by atoms with Gasteiger partial charge in [0.15, 0.2) is 0 Å². The van der Waals surface area contributed by atoms with E-state index < -0.39 is 0 Å². The van der Waals surface area contributed by atoms with E-state index in [1.807, 2.05) is 42.5 Å². The lowest BCUT2D eigenvalue weighted by Crippen LogP contribution is -2.35. The number of rotatable bonds is 6. The summed E-state index contributed by atoms with van der Waals surface area (Å²) in [6.07, 6.45) is 1.13. The van der Waals surface area contributed by atoms with Gasteiger partial charge in [-0.2, -0.15) is 0 Å². The third-order valence-electron chi connectivity index (χ3n) is 3.07. The Bertz CT molecular complexity index is 623. The van der Waals surface area contributed by atoms with Crippen LogP contribution in [-0.2, 0) is 11.2 Å². The Kier molecular flexibility index (Phi) is 4.99. The number of amides is 1. The fourth-order valence-electron chi connectivity index (χ4n) is 1.91. The van der Waals surface area contributed by atoms with E-state index in [1.54, 1.807) is 12.1 Å². The number of hydrogen-bond donors (Lipinski definition) is 3. The first-order valence-electron chi connectivity index (χ1n) is 6.79. The standard InChI is InChI=1S/C17H19N3O/c1-13(15-8-5-9-16(18)12-15)19-20-17(21)11-10-14-6-3-2-4-7-14/h2-9,12,19H,1,10-11,18H2,(H,20,21). The maximum Gasteiger partial charge on any atom is 0.238 e. The number of anilines is 1. The van der Waals surface area contributed by atoms with Crippen molar-refractivity contribution < 1.29 is 4.79 Å². The third-order valence-corrected chi connectivity index (χ3v) is 3.07. The van der Waals surface area contributed by atoms with Crippen LogP contribution in [-0.4, -0.2) is 5.91 Å². The molecule has 0 aromatic heterocycles. The average molecular weight is 281 g/mol. The molecule has 0 saturated heterocycles. The first-order valence-corrected chi connectivity index (χ1v) is 6.79. The molecule has 0 heterocycles. The molecule has 1 amide bonds. The van der Waals surface area contributed by atoms with Gasteiger partial charge in [-0.25, -0.2) is 0 Å². The summed E-state index contributed by atoms with van der Waals surface area (Å²) in [5.41, 5.74) is 14.4. The third kappa shape index (κ3) is 4.69. The van der Waals surface area contributed by atoms with Crippen molar-refractivity contribution in [3.8, 4) is 0 Å². The van der Waals surface area contributed by atoms with Gasteiger partial charge in [0.05, 0.1) is 5.70 Å². The van der Waals surface area contributed by atoms with E-state index in [4.69, 9.17) is 5.73 Å². The number of aryl methyl sites for hydroxylation is 1. The van der Waals surface area contributed by atoms with E-state index >= 15 is 0 Å². The largest absolute Gasteiger partial charge is 0.399 e. The molecule has 2 aromatic carbocycles. The number of carbonyl (C=O) groups is 1. The fraction of sp³-hybridized carbons (Fsp3) is 0.118. The predicted octanol–water partition coefficient (Wildman–Crippen LogP) is 2.49. The minimum atomic E-state index is -0.0797. The Morgan fingerprint density at radius 2 is 1.81 bits per heavy atom. The Balaban J connectivity index is 1.77. The van der Waals surface area contributed by atoms with Crippen LogP contribution >= 0.6 is 0 Å². The molecule has 2 rings (SSSR count). The van der Waals surface area contributed by atoms with Gasteiger partial charge in [-0.05, 0) is 24.1 Å². The van der Waals surface area contributed by atoms with E-state index in [0.29, 0.717) is 24.2 Å².